The lowest BCUT2D eigenvalue weighted by Gasteiger charge is -2.24. The maximum Gasteiger partial charge on any atom is 0.437 e. The highest BCUT2D eigenvalue weighted by molar-refractivity contribution is 5.31. The Hall–Kier alpha value is -1.26. The van der Waals surface area contributed by atoms with Crippen LogP contribution in [-0.2, 0) is 6.18 Å². The summed E-state index contributed by atoms with van der Waals surface area (Å²) in [5.74, 6) is -0.139. The van der Waals surface area contributed by atoms with Gasteiger partial charge in [0.25, 0.3) is 0 Å². The fourth-order valence-corrected chi connectivity index (χ4v) is 2.20. The van der Waals surface area contributed by atoms with Crippen molar-refractivity contribution in [1.82, 2.24) is 4.98 Å². The molecule has 0 N–H and O–H groups in total. The van der Waals surface area contributed by atoms with E-state index in [2.05, 4.69) is 4.98 Å². The molecule has 0 aromatic carbocycles. The van der Waals surface area contributed by atoms with Crippen molar-refractivity contribution in [3.8, 4) is 5.75 Å². The molecule has 18 heavy (non-hydrogen) atoms. The predicted molar refractivity (Wildman–Crippen MR) is 61.5 cm³/mol. The van der Waals surface area contributed by atoms with E-state index in [1.54, 1.807) is 13.0 Å². The van der Waals surface area contributed by atoms with E-state index < -0.39 is 11.9 Å². The van der Waals surface area contributed by atoms with Gasteiger partial charge in [-0.25, -0.2) is 4.98 Å². The van der Waals surface area contributed by atoms with E-state index >= 15 is 0 Å². The standard InChI is InChI=1S/C13H16F3NO/c1-9-7-8-11(12(17-9)13(14,15)16)18-10-5-3-2-4-6-10/h7-8,10H,2-6H2,1H3. The lowest BCUT2D eigenvalue weighted by atomic mass is 9.98. The van der Waals surface area contributed by atoms with Crippen LogP contribution in [0.15, 0.2) is 12.1 Å². The summed E-state index contributed by atoms with van der Waals surface area (Å²) in [4.78, 5) is 3.56. The summed E-state index contributed by atoms with van der Waals surface area (Å²) in [5, 5.41) is 0. The number of aryl methyl sites for hydroxylation is 1. The molecule has 0 saturated heterocycles. The summed E-state index contributed by atoms with van der Waals surface area (Å²) in [6.07, 6.45) is 0.255. The number of aromatic nitrogens is 1. The molecule has 1 aromatic rings. The molecule has 0 amide bonds. The van der Waals surface area contributed by atoms with Crippen molar-refractivity contribution < 1.29 is 17.9 Å². The van der Waals surface area contributed by atoms with Crippen molar-refractivity contribution >= 4 is 0 Å². The molecule has 100 valence electrons. The van der Waals surface area contributed by atoms with Gasteiger partial charge in [-0.1, -0.05) is 6.42 Å². The minimum absolute atomic E-state index is 0.107. The quantitative estimate of drug-likeness (QED) is 0.797. The minimum Gasteiger partial charge on any atom is -0.488 e. The van der Waals surface area contributed by atoms with E-state index in [0.717, 1.165) is 32.1 Å². The SMILES string of the molecule is Cc1ccc(OC2CCCCC2)c(C(F)(F)F)n1. The van der Waals surface area contributed by atoms with E-state index in [1.165, 1.54) is 6.07 Å². The Morgan fingerprint density at radius 2 is 1.83 bits per heavy atom. The summed E-state index contributed by atoms with van der Waals surface area (Å²) in [6.45, 7) is 1.54. The molecular weight excluding hydrogens is 243 g/mol. The summed E-state index contributed by atoms with van der Waals surface area (Å²) in [6, 6.07) is 2.92. The molecule has 1 fully saturated rings. The molecule has 2 nitrogen and oxygen atoms in total. The van der Waals surface area contributed by atoms with Gasteiger partial charge in [-0.15, -0.1) is 0 Å². The molecule has 0 radical (unpaired) electrons. The molecule has 0 bridgehead atoms. The van der Waals surface area contributed by atoms with Gasteiger partial charge in [-0.3, -0.25) is 0 Å². The van der Waals surface area contributed by atoms with Crippen LogP contribution >= 0.6 is 0 Å². The smallest absolute Gasteiger partial charge is 0.437 e. The monoisotopic (exact) mass is 259 g/mol. The van der Waals surface area contributed by atoms with Crippen LogP contribution in [0.5, 0.6) is 5.75 Å². The van der Waals surface area contributed by atoms with Crippen LogP contribution in [0, 0.1) is 6.92 Å². The maximum atomic E-state index is 12.8. The van der Waals surface area contributed by atoms with Crippen molar-refractivity contribution in [1.29, 1.82) is 0 Å². The van der Waals surface area contributed by atoms with Gasteiger partial charge in [0.2, 0.25) is 0 Å². The molecule has 0 aliphatic heterocycles. The highest BCUT2D eigenvalue weighted by Crippen LogP contribution is 2.36. The van der Waals surface area contributed by atoms with Crippen LogP contribution < -0.4 is 4.74 Å². The van der Waals surface area contributed by atoms with E-state index in [0.29, 0.717) is 5.69 Å². The molecule has 0 atom stereocenters. The van der Waals surface area contributed by atoms with Crippen LogP contribution in [0.3, 0.4) is 0 Å². The summed E-state index contributed by atoms with van der Waals surface area (Å²) in [5.41, 5.74) is -0.564. The second-order valence-corrected chi connectivity index (χ2v) is 4.68. The van der Waals surface area contributed by atoms with Crippen LogP contribution in [0.2, 0.25) is 0 Å². The van der Waals surface area contributed by atoms with Crippen LogP contribution in [0.25, 0.3) is 0 Å². The Kier molecular flexibility index (Phi) is 3.78. The Morgan fingerprint density at radius 3 is 2.44 bits per heavy atom. The largest absolute Gasteiger partial charge is 0.488 e. The molecule has 5 heteroatoms. The zero-order valence-electron chi connectivity index (χ0n) is 10.3. The van der Waals surface area contributed by atoms with Gasteiger partial charge >= 0.3 is 6.18 Å². The van der Waals surface area contributed by atoms with Crippen molar-refractivity contribution in [2.45, 2.75) is 51.3 Å². The first-order chi connectivity index (χ1) is 8.47. The van der Waals surface area contributed by atoms with Gasteiger partial charge in [0.05, 0.1) is 6.10 Å². The van der Waals surface area contributed by atoms with Gasteiger partial charge in [-0.05, 0) is 44.7 Å². The number of nitrogens with zero attached hydrogens (tertiary/aromatic N) is 1. The first kappa shape index (κ1) is 13.2. The van der Waals surface area contributed by atoms with Crippen molar-refractivity contribution in [3.63, 3.8) is 0 Å². The Bertz CT molecular complexity index is 411. The van der Waals surface area contributed by atoms with Crippen LogP contribution in [-0.4, -0.2) is 11.1 Å². The number of rotatable bonds is 2. The third-order valence-corrected chi connectivity index (χ3v) is 3.11. The average molecular weight is 259 g/mol. The van der Waals surface area contributed by atoms with Gasteiger partial charge < -0.3 is 4.74 Å². The molecular formula is C13H16F3NO. The minimum atomic E-state index is -4.46. The normalized spacial score (nSPS) is 17.8. The highest BCUT2D eigenvalue weighted by atomic mass is 19.4. The van der Waals surface area contributed by atoms with Crippen LogP contribution in [0.1, 0.15) is 43.5 Å². The lowest BCUT2D eigenvalue weighted by Crippen LogP contribution is -2.22. The fraction of sp³-hybridized carbons (Fsp3) is 0.615. The molecule has 1 aromatic heterocycles. The lowest BCUT2D eigenvalue weighted by molar-refractivity contribution is -0.143. The third kappa shape index (κ3) is 3.15. The van der Waals surface area contributed by atoms with E-state index in [-0.39, 0.29) is 11.9 Å². The number of pyridine rings is 1. The number of ether oxygens (including phenoxy) is 1. The molecule has 1 aliphatic carbocycles. The maximum absolute atomic E-state index is 12.8. The zero-order chi connectivity index (χ0) is 13.2. The van der Waals surface area contributed by atoms with Gasteiger partial charge in [0.15, 0.2) is 11.4 Å². The average Bonchev–Trinajstić information content (AvgIpc) is 2.31. The van der Waals surface area contributed by atoms with E-state index in [1.807, 2.05) is 0 Å². The predicted octanol–water partition coefficient (Wildman–Crippen LogP) is 4.12. The molecule has 0 unspecified atom stereocenters. The molecule has 2 rings (SSSR count). The fourth-order valence-electron chi connectivity index (χ4n) is 2.20. The molecule has 1 aliphatic rings. The Labute approximate surface area is 104 Å². The van der Waals surface area contributed by atoms with Crippen molar-refractivity contribution in [3.05, 3.63) is 23.5 Å². The van der Waals surface area contributed by atoms with Gasteiger partial charge in [0.1, 0.15) is 0 Å². The molecule has 0 spiro atoms. The first-order valence-electron chi connectivity index (χ1n) is 6.18. The summed E-state index contributed by atoms with van der Waals surface area (Å²) < 4.78 is 44.0. The van der Waals surface area contributed by atoms with E-state index in [4.69, 9.17) is 4.74 Å². The highest BCUT2D eigenvalue weighted by Gasteiger charge is 2.37. The molecule has 1 saturated carbocycles. The topological polar surface area (TPSA) is 22.1 Å². The number of hydrogen-bond donors (Lipinski definition) is 0. The van der Waals surface area contributed by atoms with Crippen molar-refractivity contribution in [2.75, 3.05) is 0 Å². The summed E-state index contributed by atoms with van der Waals surface area (Å²) in [7, 11) is 0. The summed E-state index contributed by atoms with van der Waals surface area (Å²) >= 11 is 0. The second kappa shape index (κ2) is 5.16. The number of hydrogen-bond acceptors (Lipinski definition) is 2. The van der Waals surface area contributed by atoms with Gasteiger partial charge in [0, 0.05) is 5.69 Å². The molecule has 1 heterocycles. The van der Waals surface area contributed by atoms with E-state index in [9.17, 15) is 13.2 Å². The second-order valence-electron chi connectivity index (χ2n) is 4.68. The number of alkyl halides is 3. The van der Waals surface area contributed by atoms with Gasteiger partial charge in [-0.2, -0.15) is 13.2 Å². The van der Waals surface area contributed by atoms with Crippen molar-refractivity contribution in [2.24, 2.45) is 0 Å². The zero-order valence-corrected chi connectivity index (χ0v) is 10.3. The Balaban J connectivity index is 2.21. The third-order valence-electron chi connectivity index (χ3n) is 3.11. The number of halogens is 3. The Morgan fingerprint density at radius 1 is 1.17 bits per heavy atom. The van der Waals surface area contributed by atoms with Crippen LogP contribution in [0.4, 0.5) is 13.2 Å². The first-order valence-corrected chi connectivity index (χ1v) is 6.18.